The van der Waals surface area contributed by atoms with Gasteiger partial charge in [-0.3, -0.25) is 0 Å². The quantitative estimate of drug-likeness (QED) is 0.654. The van der Waals surface area contributed by atoms with Gasteiger partial charge >= 0.3 is 6.03 Å². The van der Waals surface area contributed by atoms with Gasteiger partial charge in [0.05, 0.1) is 6.10 Å². The van der Waals surface area contributed by atoms with Gasteiger partial charge in [0.15, 0.2) is 0 Å². The summed E-state index contributed by atoms with van der Waals surface area (Å²) in [5, 5.41) is 15.1. The van der Waals surface area contributed by atoms with E-state index in [1.54, 1.807) is 6.92 Å². The highest BCUT2D eigenvalue weighted by atomic mass is 16.3. The molecule has 0 aromatic rings. The summed E-state index contributed by atoms with van der Waals surface area (Å²) >= 11 is 0. The highest BCUT2D eigenvalue weighted by molar-refractivity contribution is 5.73. The fraction of sp³-hybridized carbons (Fsp3) is 0.929. The molecule has 1 fully saturated rings. The van der Waals surface area contributed by atoms with E-state index in [9.17, 15) is 9.90 Å². The summed E-state index contributed by atoms with van der Waals surface area (Å²) in [7, 11) is 0. The summed E-state index contributed by atoms with van der Waals surface area (Å²) in [6.45, 7) is 7.24. The number of nitrogens with one attached hydrogen (secondary N) is 2. The Labute approximate surface area is 111 Å². The van der Waals surface area contributed by atoms with Crippen molar-refractivity contribution < 1.29 is 9.90 Å². The number of hydrogen-bond donors (Lipinski definition) is 3. The summed E-state index contributed by atoms with van der Waals surface area (Å²) in [5.41, 5.74) is -0.0700. The van der Waals surface area contributed by atoms with E-state index in [1.807, 2.05) is 13.8 Å². The Hall–Kier alpha value is -0.770. The average molecular weight is 256 g/mol. The molecule has 1 aliphatic rings. The third-order valence-electron chi connectivity index (χ3n) is 3.64. The van der Waals surface area contributed by atoms with Gasteiger partial charge in [-0.25, -0.2) is 4.79 Å². The highest BCUT2D eigenvalue weighted by Crippen LogP contribution is 2.28. The van der Waals surface area contributed by atoms with E-state index >= 15 is 0 Å². The Morgan fingerprint density at radius 3 is 2.56 bits per heavy atom. The molecular weight excluding hydrogens is 228 g/mol. The van der Waals surface area contributed by atoms with Crippen molar-refractivity contribution in [2.45, 2.75) is 59.0 Å². The van der Waals surface area contributed by atoms with Crippen molar-refractivity contribution >= 4 is 6.03 Å². The topological polar surface area (TPSA) is 61.4 Å². The lowest BCUT2D eigenvalue weighted by Gasteiger charge is -2.27. The van der Waals surface area contributed by atoms with Crippen LogP contribution in [0.25, 0.3) is 0 Å². The maximum atomic E-state index is 11.6. The second-order valence-corrected chi connectivity index (χ2v) is 6.41. The van der Waals surface area contributed by atoms with Crippen LogP contribution in [0.15, 0.2) is 0 Å². The van der Waals surface area contributed by atoms with E-state index < -0.39 is 0 Å². The van der Waals surface area contributed by atoms with Crippen molar-refractivity contribution in [3.8, 4) is 0 Å². The molecule has 4 nitrogen and oxygen atoms in total. The average Bonchev–Trinajstić information content (AvgIpc) is 2.17. The van der Waals surface area contributed by atoms with E-state index in [0.717, 1.165) is 18.9 Å². The van der Waals surface area contributed by atoms with Crippen LogP contribution < -0.4 is 10.6 Å². The number of amides is 2. The molecule has 2 amide bonds. The number of aliphatic hydroxyl groups excluding tert-OH is 1. The summed E-state index contributed by atoms with van der Waals surface area (Å²) < 4.78 is 0. The van der Waals surface area contributed by atoms with Gasteiger partial charge in [-0.05, 0) is 31.1 Å². The summed E-state index contributed by atoms with van der Waals surface area (Å²) in [6.07, 6.45) is 5.46. The number of carbonyl (C=O) groups is 1. The molecule has 0 aromatic carbocycles. The van der Waals surface area contributed by atoms with Crippen molar-refractivity contribution in [2.24, 2.45) is 11.3 Å². The summed E-state index contributed by atoms with van der Waals surface area (Å²) in [6, 6.07) is -0.0898. The van der Waals surface area contributed by atoms with Crippen molar-refractivity contribution in [1.29, 1.82) is 0 Å². The molecule has 1 saturated carbocycles. The molecule has 0 bridgehead atoms. The van der Waals surface area contributed by atoms with Crippen LogP contribution in [-0.4, -0.2) is 30.3 Å². The first kappa shape index (κ1) is 15.3. The van der Waals surface area contributed by atoms with E-state index in [2.05, 4.69) is 10.6 Å². The fourth-order valence-corrected chi connectivity index (χ4v) is 2.43. The second kappa shape index (κ2) is 6.98. The van der Waals surface area contributed by atoms with Crippen molar-refractivity contribution in [1.82, 2.24) is 10.6 Å². The zero-order chi connectivity index (χ0) is 13.6. The summed E-state index contributed by atoms with van der Waals surface area (Å²) in [5.74, 6) is 0.831. The van der Waals surface area contributed by atoms with Gasteiger partial charge in [0.2, 0.25) is 0 Å². The monoisotopic (exact) mass is 256 g/mol. The standard InChI is InChI=1S/C14H28N2O2/c1-11(17)9-14(2,3)10-16-13(18)15-8-7-12-5-4-6-12/h11-12,17H,4-10H2,1-3H3,(H2,15,16,18). The maximum absolute atomic E-state index is 11.6. The lowest BCUT2D eigenvalue weighted by Crippen LogP contribution is -2.42. The van der Waals surface area contributed by atoms with Crippen LogP contribution >= 0.6 is 0 Å². The molecule has 1 unspecified atom stereocenters. The van der Waals surface area contributed by atoms with Crippen molar-refractivity contribution in [3.05, 3.63) is 0 Å². The predicted molar refractivity (Wildman–Crippen MR) is 73.4 cm³/mol. The van der Waals surface area contributed by atoms with E-state index in [1.165, 1.54) is 19.3 Å². The largest absolute Gasteiger partial charge is 0.393 e. The van der Waals surface area contributed by atoms with Crippen LogP contribution in [-0.2, 0) is 0 Å². The fourth-order valence-electron chi connectivity index (χ4n) is 2.43. The van der Waals surface area contributed by atoms with E-state index in [4.69, 9.17) is 0 Å². The second-order valence-electron chi connectivity index (χ2n) is 6.41. The number of hydrogen-bond acceptors (Lipinski definition) is 2. The van der Waals surface area contributed by atoms with Crippen LogP contribution in [0.5, 0.6) is 0 Å². The lowest BCUT2D eigenvalue weighted by atomic mass is 9.83. The van der Waals surface area contributed by atoms with Crippen LogP contribution in [0.2, 0.25) is 0 Å². The van der Waals surface area contributed by atoms with Crippen LogP contribution in [0.3, 0.4) is 0 Å². The van der Waals surface area contributed by atoms with Gasteiger partial charge in [0.1, 0.15) is 0 Å². The van der Waals surface area contributed by atoms with Gasteiger partial charge in [0.25, 0.3) is 0 Å². The van der Waals surface area contributed by atoms with Gasteiger partial charge in [0, 0.05) is 13.1 Å². The Bertz CT molecular complexity index is 261. The molecule has 0 aromatic heterocycles. The smallest absolute Gasteiger partial charge is 0.314 e. The first-order valence-corrected chi connectivity index (χ1v) is 7.09. The first-order chi connectivity index (χ1) is 8.39. The molecule has 0 saturated heterocycles. The van der Waals surface area contributed by atoms with E-state index in [-0.39, 0.29) is 17.6 Å². The highest BCUT2D eigenvalue weighted by Gasteiger charge is 2.21. The Morgan fingerprint density at radius 2 is 2.06 bits per heavy atom. The van der Waals surface area contributed by atoms with Crippen LogP contribution in [0, 0.1) is 11.3 Å². The van der Waals surface area contributed by atoms with Gasteiger partial charge in [-0.1, -0.05) is 33.1 Å². The van der Waals surface area contributed by atoms with E-state index in [0.29, 0.717) is 13.0 Å². The molecule has 18 heavy (non-hydrogen) atoms. The minimum absolute atomic E-state index is 0.0700. The molecule has 0 spiro atoms. The minimum Gasteiger partial charge on any atom is -0.393 e. The normalized spacial score (nSPS) is 18.0. The molecule has 106 valence electrons. The van der Waals surface area contributed by atoms with Gasteiger partial charge in [-0.15, -0.1) is 0 Å². The zero-order valence-corrected chi connectivity index (χ0v) is 12.0. The lowest BCUT2D eigenvalue weighted by molar-refractivity contribution is 0.129. The number of urea groups is 1. The third-order valence-corrected chi connectivity index (χ3v) is 3.64. The Kier molecular flexibility index (Phi) is 5.93. The molecule has 0 radical (unpaired) electrons. The molecule has 0 aliphatic heterocycles. The van der Waals surface area contributed by atoms with Crippen LogP contribution in [0.4, 0.5) is 4.79 Å². The molecule has 0 heterocycles. The third kappa shape index (κ3) is 6.24. The van der Waals surface area contributed by atoms with Gasteiger partial charge in [-0.2, -0.15) is 0 Å². The zero-order valence-electron chi connectivity index (χ0n) is 12.0. The van der Waals surface area contributed by atoms with Crippen molar-refractivity contribution in [3.63, 3.8) is 0 Å². The minimum atomic E-state index is -0.330. The van der Waals surface area contributed by atoms with Gasteiger partial charge < -0.3 is 15.7 Å². The Balaban J connectivity index is 2.07. The first-order valence-electron chi connectivity index (χ1n) is 7.09. The van der Waals surface area contributed by atoms with Crippen LogP contribution in [0.1, 0.15) is 52.9 Å². The SMILES string of the molecule is CC(O)CC(C)(C)CNC(=O)NCCC1CCC1. The molecular formula is C14H28N2O2. The maximum Gasteiger partial charge on any atom is 0.314 e. The molecule has 1 rings (SSSR count). The Morgan fingerprint density at radius 1 is 1.39 bits per heavy atom. The number of carbonyl (C=O) groups excluding carboxylic acids is 1. The predicted octanol–water partition coefficient (Wildman–Crippen LogP) is 2.27. The number of rotatable bonds is 7. The molecule has 4 heteroatoms. The molecule has 3 N–H and O–H groups in total. The number of aliphatic hydroxyl groups is 1. The summed E-state index contributed by atoms with van der Waals surface area (Å²) in [4.78, 5) is 11.6. The molecule has 1 atom stereocenters. The molecule has 1 aliphatic carbocycles. The van der Waals surface area contributed by atoms with Crippen molar-refractivity contribution in [2.75, 3.05) is 13.1 Å².